The van der Waals surface area contributed by atoms with Crippen LogP contribution in [0.2, 0.25) is 0 Å². The highest BCUT2D eigenvalue weighted by molar-refractivity contribution is 7.81. The summed E-state index contributed by atoms with van der Waals surface area (Å²) in [4.78, 5) is 0. The molecule has 53 valence electrons. The van der Waals surface area contributed by atoms with Gasteiger partial charge in [0.1, 0.15) is 0 Å². The van der Waals surface area contributed by atoms with Crippen molar-refractivity contribution in [3.8, 4) is 0 Å². The van der Waals surface area contributed by atoms with E-state index in [1.165, 1.54) is 0 Å². The molecule has 1 fully saturated rings. The van der Waals surface area contributed by atoms with E-state index in [0.717, 1.165) is 0 Å². The van der Waals surface area contributed by atoms with Crippen molar-refractivity contribution >= 4 is 12.6 Å². The summed E-state index contributed by atoms with van der Waals surface area (Å²) in [5.74, 6) is -3.94. The fraction of sp³-hybridized carbons (Fsp3) is 1.00. The molecule has 1 saturated carbocycles. The standard InChI is InChI=1S/C4H3F4S/c5-2-1-3(6,9)4(2,7)8/h2H,1H2. The van der Waals surface area contributed by atoms with Gasteiger partial charge in [-0.2, -0.15) is 8.78 Å². The van der Waals surface area contributed by atoms with Gasteiger partial charge in [-0.05, 0) is 12.6 Å². The van der Waals surface area contributed by atoms with E-state index >= 15 is 0 Å². The summed E-state index contributed by atoms with van der Waals surface area (Å²) in [5.41, 5.74) is 0. The van der Waals surface area contributed by atoms with Gasteiger partial charge >= 0.3 is 5.92 Å². The molecule has 1 rings (SSSR count). The van der Waals surface area contributed by atoms with Crippen LogP contribution in [0, 0.1) is 0 Å². The minimum Gasteiger partial charge on any atom is -0.241 e. The lowest BCUT2D eigenvalue weighted by atomic mass is 9.89. The Kier molecular flexibility index (Phi) is 1.25. The first kappa shape index (κ1) is 7.18. The Bertz CT molecular complexity index is 133. The molecule has 0 aromatic carbocycles. The van der Waals surface area contributed by atoms with Crippen molar-refractivity contribution in [2.45, 2.75) is 23.5 Å². The van der Waals surface area contributed by atoms with Crippen molar-refractivity contribution in [3.05, 3.63) is 0 Å². The van der Waals surface area contributed by atoms with Gasteiger partial charge < -0.3 is 0 Å². The summed E-state index contributed by atoms with van der Waals surface area (Å²) < 4.78 is 47.5. The van der Waals surface area contributed by atoms with Crippen LogP contribution < -0.4 is 0 Å². The molecule has 0 heterocycles. The Hall–Kier alpha value is 0.0700. The molecule has 0 aromatic rings. The van der Waals surface area contributed by atoms with Crippen LogP contribution >= 0.6 is 12.6 Å². The summed E-state index contributed by atoms with van der Waals surface area (Å²) in [7, 11) is 0. The normalized spacial score (nSPS) is 48.3. The molecular formula is C4H3F4S. The molecule has 1 aliphatic rings. The number of rotatable bonds is 0. The highest BCUT2D eigenvalue weighted by Crippen LogP contribution is 2.53. The second-order valence-corrected chi connectivity index (χ2v) is 2.67. The molecule has 0 spiro atoms. The molecule has 1 radical (unpaired) electrons. The van der Waals surface area contributed by atoms with Crippen LogP contribution in [0.5, 0.6) is 0 Å². The van der Waals surface area contributed by atoms with Crippen molar-refractivity contribution in [2.75, 3.05) is 0 Å². The van der Waals surface area contributed by atoms with Crippen LogP contribution in [0.1, 0.15) is 6.42 Å². The lowest BCUT2D eigenvalue weighted by molar-refractivity contribution is -0.215. The summed E-state index contributed by atoms with van der Waals surface area (Å²) in [5, 5.41) is -3.04. The summed E-state index contributed by atoms with van der Waals surface area (Å²) in [6.07, 6.45) is -3.25. The average Bonchev–Trinajstić information content (AvgIpc) is 1.65. The number of hydrogen-bond donors (Lipinski definition) is 0. The van der Waals surface area contributed by atoms with E-state index in [2.05, 4.69) is 12.6 Å². The Balaban J connectivity index is 2.70. The molecular weight excluding hydrogens is 156 g/mol. The predicted molar refractivity (Wildman–Crippen MR) is 25.9 cm³/mol. The topological polar surface area (TPSA) is 0 Å². The van der Waals surface area contributed by atoms with Gasteiger partial charge in [0, 0.05) is 6.42 Å². The van der Waals surface area contributed by atoms with Gasteiger partial charge in [-0.1, -0.05) is 0 Å². The largest absolute Gasteiger partial charge is 0.322 e. The molecule has 0 saturated heterocycles. The van der Waals surface area contributed by atoms with Crippen LogP contribution in [0.3, 0.4) is 0 Å². The van der Waals surface area contributed by atoms with Gasteiger partial charge in [0.15, 0.2) is 6.17 Å². The van der Waals surface area contributed by atoms with Gasteiger partial charge in [0.05, 0.1) is 0 Å². The molecule has 1 aliphatic carbocycles. The van der Waals surface area contributed by atoms with Crippen LogP contribution in [0.4, 0.5) is 17.6 Å². The van der Waals surface area contributed by atoms with Crippen molar-refractivity contribution in [1.82, 2.24) is 0 Å². The maximum absolute atomic E-state index is 12.1. The monoisotopic (exact) mass is 159 g/mol. The molecule has 2 atom stereocenters. The van der Waals surface area contributed by atoms with E-state index in [-0.39, 0.29) is 0 Å². The second kappa shape index (κ2) is 1.56. The fourth-order valence-corrected chi connectivity index (χ4v) is 0.872. The summed E-state index contributed by atoms with van der Waals surface area (Å²) in [6, 6.07) is 0. The quantitative estimate of drug-likeness (QED) is 0.475. The summed E-state index contributed by atoms with van der Waals surface area (Å²) >= 11 is 3.73. The van der Waals surface area contributed by atoms with E-state index in [9.17, 15) is 17.6 Å². The van der Waals surface area contributed by atoms with Crippen LogP contribution in [0.15, 0.2) is 0 Å². The van der Waals surface area contributed by atoms with Gasteiger partial charge in [0.25, 0.3) is 0 Å². The zero-order chi connectivity index (χ0) is 7.28. The number of halogens is 4. The van der Waals surface area contributed by atoms with E-state index in [0.29, 0.717) is 0 Å². The van der Waals surface area contributed by atoms with Gasteiger partial charge in [-0.25, -0.2) is 8.78 Å². The molecule has 0 bridgehead atoms. The Morgan fingerprint density at radius 1 is 1.33 bits per heavy atom. The van der Waals surface area contributed by atoms with Crippen molar-refractivity contribution < 1.29 is 17.6 Å². The zero-order valence-corrected chi connectivity index (χ0v) is 5.02. The number of hydrogen-bond acceptors (Lipinski definition) is 0. The lowest BCUT2D eigenvalue weighted by Gasteiger charge is -2.40. The van der Waals surface area contributed by atoms with E-state index in [4.69, 9.17) is 0 Å². The first-order valence-electron chi connectivity index (χ1n) is 2.29. The predicted octanol–water partition coefficient (Wildman–Crippen LogP) is 2.23. The van der Waals surface area contributed by atoms with Crippen LogP contribution in [0.25, 0.3) is 0 Å². The van der Waals surface area contributed by atoms with Gasteiger partial charge in [0.2, 0.25) is 5.00 Å². The Labute approximate surface area is 54.6 Å². The smallest absolute Gasteiger partial charge is 0.241 e. The van der Waals surface area contributed by atoms with E-state index < -0.39 is 23.5 Å². The van der Waals surface area contributed by atoms with Gasteiger partial charge in [-0.15, -0.1) is 0 Å². The minimum absolute atomic E-state index is 0.866. The van der Waals surface area contributed by atoms with E-state index in [1.54, 1.807) is 0 Å². The highest BCUT2D eigenvalue weighted by atomic mass is 32.1. The summed E-state index contributed by atoms with van der Waals surface area (Å²) in [6.45, 7) is 0. The van der Waals surface area contributed by atoms with Crippen molar-refractivity contribution in [1.29, 1.82) is 0 Å². The molecule has 0 N–H and O–H groups in total. The van der Waals surface area contributed by atoms with Crippen molar-refractivity contribution in [3.63, 3.8) is 0 Å². The number of alkyl halides is 4. The second-order valence-electron chi connectivity index (χ2n) is 2.02. The fourth-order valence-electron chi connectivity index (χ4n) is 0.598. The molecule has 2 unspecified atom stereocenters. The van der Waals surface area contributed by atoms with Crippen LogP contribution in [-0.4, -0.2) is 17.1 Å². The third-order valence-corrected chi connectivity index (χ3v) is 1.77. The Morgan fingerprint density at radius 2 is 1.78 bits per heavy atom. The third-order valence-electron chi connectivity index (χ3n) is 1.33. The average molecular weight is 159 g/mol. The third kappa shape index (κ3) is 0.738. The first-order chi connectivity index (χ1) is 3.88. The zero-order valence-electron chi connectivity index (χ0n) is 4.20. The van der Waals surface area contributed by atoms with Crippen LogP contribution in [-0.2, 0) is 0 Å². The molecule has 0 amide bonds. The lowest BCUT2D eigenvalue weighted by Crippen LogP contribution is -2.59. The molecule has 0 aromatic heterocycles. The maximum atomic E-state index is 12.1. The highest BCUT2D eigenvalue weighted by Gasteiger charge is 2.70. The SMILES string of the molecule is FC1CC(F)([S])C1(F)F. The Morgan fingerprint density at radius 3 is 1.78 bits per heavy atom. The van der Waals surface area contributed by atoms with E-state index in [1.807, 2.05) is 0 Å². The molecule has 5 heteroatoms. The van der Waals surface area contributed by atoms with Crippen molar-refractivity contribution in [2.24, 2.45) is 0 Å². The first-order valence-corrected chi connectivity index (χ1v) is 2.70. The molecule has 9 heavy (non-hydrogen) atoms. The molecule has 0 aliphatic heterocycles. The maximum Gasteiger partial charge on any atom is 0.322 e. The molecule has 0 nitrogen and oxygen atoms in total. The van der Waals surface area contributed by atoms with Gasteiger partial charge in [-0.3, -0.25) is 0 Å². The minimum atomic E-state index is -3.94.